The maximum absolute atomic E-state index is 13.7. The predicted molar refractivity (Wildman–Crippen MR) is 122 cm³/mol. The van der Waals surface area contributed by atoms with Crippen LogP contribution in [0.3, 0.4) is 0 Å². The maximum atomic E-state index is 13.7. The second-order valence-corrected chi connectivity index (χ2v) is 8.70. The van der Waals surface area contributed by atoms with Crippen molar-refractivity contribution in [3.05, 3.63) is 76.7 Å². The number of alkyl halides is 2. The molecule has 2 aromatic carbocycles. The number of ketones is 1. The average molecular weight is 468 g/mol. The van der Waals surface area contributed by atoms with Gasteiger partial charge in [0.05, 0.1) is 12.1 Å². The lowest BCUT2D eigenvalue weighted by atomic mass is 9.94. The third-order valence-electron chi connectivity index (χ3n) is 5.81. The number of hydrogen-bond donors (Lipinski definition) is 0. The average Bonchev–Trinajstić information content (AvgIpc) is 3.12. The summed E-state index contributed by atoms with van der Waals surface area (Å²) in [7, 11) is 0. The van der Waals surface area contributed by atoms with Gasteiger partial charge in [0.15, 0.2) is 5.78 Å². The second kappa shape index (κ2) is 8.87. The fraction of sp³-hybridized carbons (Fsp3) is 0.280. The molecule has 1 fully saturated rings. The van der Waals surface area contributed by atoms with Crippen molar-refractivity contribution in [2.45, 2.75) is 31.9 Å². The lowest BCUT2D eigenvalue weighted by molar-refractivity contribution is -0.136. The fourth-order valence-corrected chi connectivity index (χ4v) is 4.23. The van der Waals surface area contributed by atoms with Crippen LogP contribution in [0.25, 0.3) is 26.9 Å². The van der Waals surface area contributed by atoms with Gasteiger partial charge in [-0.25, -0.2) is 15.4 Å². The Morgan fingerprint density at radius 3 is 2.61 bits per heavy atom. The Morgan fingerprint density at radius 1 is 1.21 bits per heavy atom. The molecule has 0 radical (unpaired) electrons. The van der Waals surface area contributed by atoms with E-state index < -0.39 is 36.9 Å². The topological polar surface area (TPSA) is 54.6 Å². The Bertz CT molecular complexity index is 1270. The summed E-state index contributed by atoms with van der Waals surface area (Å²) >= 11 is 5.97. The summed E-state index contributed by atoms with van der Waals surface area (Å²) in [5, 5.41) is 1.26. The Balaban J connectivity index is 1.59. The van der Waals surface area contributed by atoms with E-state index in [9.17, 15) is 18.4 Å². The van der Waals surface area contributed by atoms with E-state index >= 15 is 0 Å². The van der Waals surface area contributed by atoms with Gasteiger partial charge < -0.3 is 0 Å². The normalized spacial score (nSPS) is 18.2. The number of hydrogen-bond acceptors (Lipinski definition) is 3. The van der Waals surface area contributed by atoms with Crippen molar-refractivity contribution in [1.29, 1.82) is 0 Å². The van der Waals surface area contributed by atoms with Gasteiger partial charge in [0.1, 0.15) is 6.42 Å². The van der Waals surface area contributed by atoms with Gasteiger partial charge >= 0.3 is 6.17 Å². The van der Waals surface area contributed by atoms with Crippen molar-refractivity contribution >= 4 is 34.2 Å². The Hall–Kier alpha value is -3.37. The van der Waals surface area contributed by atoms with Gasteiger partial charge in [-0.15, -0.1) is 0 Å². The molecule has 1 aliphatic rings. The Labute approximate surface area is 194 Å². The number of likely N-dealkylation sites (tertiary alicyclic amines) is 1. The molecule has 8 heteroatoms. The zero-order valence-corrected chi connectivity index (χ0v) is 18.5. The van der Waals surface area contributed by atoms with Crippen LogP contribution in [0, 0.1) is 12.5 Å². The monoisotopic (exact) mass is 467 g/mol. The number of fused-ring (bicyclic) bond motifs is 1. The van der Waals surface area contributed by atoms with Gasteiger partial charge in [0.2, 0.25) is 5.91 Å². The lowest BCUT2D eigenvalue weighted by Gasteiger charge is -2.20. The molecule has 3 aromatic rings. The zero-order valence-electron chi connectivity index (χ0n) is 17.8. The molecule has 4 rings (SSSR count). The molecule has 0 bridgehead atoms. The molecule has 0 N–H and O–H groups in total. The van der Waals surface area contributed by atoms with Crippen molar-refractivity contribution < 1.29 is 18.4 Å². The van der Waals surface area contributed by atoms with E-state index in [2.05, 4.69) is 9.83 Å². The first kappa shape index (κ1) is 22.8. The fourth-order valence-electron chi connectivity index (χ4n) is 4.11. The minimum Gasteiger partial charge on any atom is -0.294 e. The number of carbonyl (C=O) groups excluding carboxylic acids is 2. The number of Topliss-reactive ketones (excluding diaryl/α,β-unsaturated/α-hetero) is 1. The van der Waals surface area contributed by atoms with Crippen molar-refractivity contribution in [2.75, 3.05) is 6.54 Å². The van der Waals surface area contributed by atoms with Crippen LogP contribution in [0.4, 0.5) is 8.78 Å². The van der Waals surface area contributed by atoms with Crippen LogP contribution in [0.5, 0.6) is 0 Å². The minimum absolute atomic E-state index is 0.157. The summed E-state index contributed by atoms with van der Waals surface area (Å²) in [6.45, 7) is 7.86. The summed E-state index contributed by atoms with van der Waals surface area (Å²) in [5.74, 6) is -4.82. The minimum atomic E-state index is -3.09. The number of pyridine rings is 1. The summed E-state index contributed by atoms with van der Waals surface area (Å²) in [5.41, 5.74) is 2.84. The molecular formula is C25H20ClF2N3O2. The molecule has 168 valence electrons. The Morgan fingerprint density at radius 2 is 1.91 bits per heavy atom. The summed E-state index contributed by atoms with van der Waals surface area (Å²) < 4.78 is 27.5. The van der Waals surface area contributed by atoms with Crippen molar-refractivity contribution in [3.63, 3.8) is 0 Å². The standard InChI is InChI=1S/C25H20ClF2N3O2/c1-15(24(33)31-14-25(27,28)13-23(31)29-2)11-22(32)19-9-10-30-21-8-5-17(12-20(19)21)16-3-6-18(26)7-4-16/h3-10,12,15,23H,11,13-14H2,1H3/t15-,23+/m1/s1. The molecule has 1 aliphatic heterocycles. The van der Waals surface area contributed by atoms with Gasteiger partial charge in [0.25, 0.3) is 5.92 Å². The van der Waals surface area contributed by atoms with E-state index in [1.807, 2.05) is 30.3 Å². The highest BCUT2D eigenvalue weighted by Gasteiger charge is 2.51. The van der Waals surface area contributed by atoms with Gasteiger partial charge in [-0.1, -0.05) is 36.7 Å². The highest BCUT2D eigenvalue weighted by molar-refractivity contribution is 6.30. The molecular weight excluding hydrogens is 448 g/mol. The molecule has 0 spiro atoms. The van der Waals surface area contributed by atoms with Crippen LogP contribution >= 0.6 is 11.6 Å². The molecule has 1 saturated heterocycles. The van der Waals surface area contributed by atoms with E-state index in [4.69, 9.17) is 18.2 Å². The van der Waals surface area contributed by atoms with Crippen LogP contribution in [-0.4, -0.2) is 40.2 Å². The number of rotatable bonds is 5. The Kier molecular flexibility index (Phi) is 6.13. The van der Waals surface area contributed by atoms with Crippen LogP contribution in [0.2, 0.25) is 5.02 Å². The van der Waals surface area contributed by atoms with Gasteiger partial charge in [-0.3, -0.25) is 24.3 Å². The second-order valence-electron chi connectivity index (χ2n) is 8.26. The van der Waals surface area contributed by atoms with E-state index in [-0.39, 0.29) is 12.2 Å². The largest absolute Gasteiger partial charge is 0.306 e. The predicted octanol–water partition coefficient (Wildman–Crippen LogP) is 5.88. The number of amides is 1. The molecule has 0 aliphatic carbocycles. The molecule has 0 saturated carbocycles. The van der Waals surface area contributed by atoms with Gasteiger partial charge in [-0.2, -0.15) is 0 Å². The van der Waals surface area contributed by atoms with Crippen LogP contribution in [-0.2, 0) is 4.79 Å². The first-order valence-electron chi connectivity index (χ1n) is 10.4. The number of nitrogens with zero attached hydrogens (tertiary/aromatic N) is 3. The van der Waals surface area contributed by atoms with Crippen LogP contribution < -0.4 is 0 Å². The zero-order chi connectivity index (χ0) is 23.8. The third-order valence-corrected chi connectivity index (χ3v) is 6.06. The van der Waals surface area contributed by atoms with E-state index in [0.717, 1.165) is 16.0 Å². The summed E-state index contributed by atoms with van der Waals surface area (Å²) in [4.78, 5) is 34.3. The molecule has 2 atom stereocenters. The molecule has 2 heterocycles. The molecule has 33 heavy (non-hydrogen) atoms. The molecule has 1 amide bonds. The van der Waals surface area contributed by atoms with Gasteiger partial charge in [-0.05, 0) is 41.5 Å². The van der Waals surface area contributed by atoms with E-state index in [1.165, 1.54) is 13.1 Å². The van der Waals surface area contributed by atoms with E-state index in [1.54, 1.807) is 18.2 Å². The van der Waals surface area contributed by atoms with Gasteiger partial charge in [0, 0.05) is 34.5 Å². The third kappa shape index (κ3) is 4.71. The molecule has 1 aromatic heterocycles. The smallest absolute Gasteiger partial charge is 0.294 e. The first-order valence-corrected chi connectivity index (χ1v) is 10.8. The summed E-state index contributed by atoms with van der Waals surface area (Å²) in [6, 6.07) is 14.5. The SMILES string of the molecule is [C-]#[N+][C@@H]1CC(F)(F)CN1C(=O)[C@H](C)CC(=O)c1ccnc2ccc(-c3ccc(Cl)cc3)cc12. The van der Waals surface area contributed by atoms with Crippen molar-refractivity contribution in [1.82, 2.24) is 9.88 Å². The highest BCUT2D eigenvalue weighted by Crippen LogP contribution is 2.34. The lowest BCUT2D eigenvalue weighted by Crippen LogP contribution is -2.39. The maximum Gasteiger partial charge on any atom is 0.306 e. The number of halogens is 3. The highest BCUT2D eigenvalue weighted by atomic mass is 35.5. The van der Waals surface area contributed by atoms with Crippen LogP contribution in [0.15, 0.2) is 54.7 Å². The number of aromatic nitrogens is 1. The number of carbonyl (C=O) groups is 2. The van der Waals surface area contributed by atoms with Crippen molar-refractivity contribution in [2.24, 2.45) is 5.92 Å². The summed E-state index contributed by atoms with van der Waals surface area (Å²) in [6.07, 6.45) is -0.504. The van der Waals surface area contributed by atoms with Crippen molar-refractivity contribution in [3.8, 4) is 11.1 Å². The van der Waals surface area contributed by atoms with Crippen LogP contribution in [0.1, 0.15) is 30.1 Å². The van der Waals surface area contributed by atoms with E-state index in [0.29, 0.717) is 21.5 Å². The number of benzene rings is 2. The molecule has 0 unspecified atom stereocenters. The quantitative estimate of drug-likeness (QED) is 0.348. The molecule has 5 nitrogen and oxygen atoms in total. The first-order chi connectivity index (χ1) is 15.7.